The summed E-state index contributed by atoms with van der Waals surface area (Å²) in [5, 5.41) is 3.69. The van der Waals surface area contributed by atoms with E-state index in [9.17, 15) is 19.2 Å². The highest BCUT2D eigenvalue weighted by atomic mass is 35.5. The Morgan fingerprint density at radius 2 is 1.57 bits per heavy atom. The molecule has 0 radical (unpaired) electrons. The van der Waals surface area contributed by atoms with Crippen LogP contribution in [0.2, 0.25) is 5.02 Å². The third-order valence-electron chi connectivity index (χ3n) is 9.66. The van der Waals surface area contributed by atoms with E-state index < -0.39 is 12.0 Å². The van der Waals surface area contributed by atoms with Crippen LogP contribution in [0.4, 0.5) is 5.69 Å². The van der Waals surface area contributed by atoms with Gasteiger partial charge < -0.3 is 15.1 Å². The molecule has 2 heterocycles. The monoisotopic (exact) mass is 641 g/mol. The largest absolute Gasteiger partial charge is 0.328 e. The summed E-state index contributed by atoms with van der Waals surface area (Å²) in [5.41, 5.74) is 4.12. The molecule has 0 spiro atoms. The molecule has 1 fully saturated rings. The Morgan fingerprint density at radius 1 is 0.891 bits per heavy atom. The number of hydrogen-bond acceptors (Lipinski definition) is 5. The molecule has 0 aliphatic carbocycles. The number of aryl methyl sites for hydroxylation is 1. The fraction of sp³-hybridized carbons (Fsp3) is 0.421. The third kappa shape index (κ3) is 8.12. The maximum atomic E-state index is 14.3. The van der Waals surface area contributed by atoms with Gasteiger partial charge in [0.1, 0.15) is 0 Å². The van der Waals surface area contributed by atoms with Crippen molar-refractivity contribution in [1.82, 2.24) is 9.80 Å². The van der Waals surface area contributed by atoms with Gasteiger partial charge in [0.25, 0.3) is 0 Å². The Morgan fingerprint density at radius 3 is 2.24 bits per heavy atom. The lowest BCUT2D eigenvalue weighted by atomic mass is 9.78. The number of carbonyl (C=O) groups excluding carboxylic acids is 4. The van der Waals surface area contributed by atoms with E-state index >= 15 is 0 Å². The number of fused-ring (bicyclic) bond motifs is 1. The second-order valence-electron chi connectivity index (χ2n) is 13.0. The maximum Gasteiger partial charge on any atom is 0.228 e. The van der Waals surface area contributed by atoms with Gasteiger partial charge in [0, 0.05) is 60.5 Å². The molecule has 46 heavy (non-hydrogen) atoms. The number of Topliss-reactive ketones (excluding diaryl/α,β-unsaturated/α-hetero) is 2. The van der Waals surface area contributed by atoms with Crippen LogP contribution in [0.5, 0.6) is 0 Å². The average Bonchev–Trinajstić information content (AvgIpc) is 3.07. The second kappa shape index (κ2) is 15.2. The minimum atomic E-state index is -0.696. The number of rotatable bonds is 11. The minimum Gasteiger partial charge on any atom is -0.328 e. The Labute approximate surface area is 277 Å². The summed E-state index contributed by atoms with van der Waals surface area (Å²) in [4.78, 5) is 58.8. The number of ketones is 2. The summed E-state index contributed by atoms with van der Waals surface area (Å²) in [5.74, 6) is -1.12. The quantitative estimate of drug-likeness (QED) is 0.230. The third-order valence-corrected chi connectivity index (χ3v) is 10.1. The SMILES string of the molecule is Cc1cc(NC(=O)[C@@H](CC(=O)[C@@H]2Cc3ccccc3CN2C(=O)CCC(=O)c2ccccc2)C2CCN(C(C)C)CC2)ccc1Cl. The molecule has 1 saturated heterocycles. The number of nitrogens with one attached hydrogen (secondary N) is 1. The van der Waals surface area contributed by atoms with Crippen LogP contribution in [0.25, 0.3) is 0 Å². The van der Waals surface area contributed by atoms with Crippen molar-refractivity contribution in [3.63, 3.8) is 0 Å². The molecule has 5 rings (SSSR count). The summed E-state index contributed by atoms with van der Waals surface area (Å²) < 4.78 is 0. The lowest BCUT2D eigenvalue weighted by Gasteiger charge is -2.39. The van der Waals surface area contributed by atoms with E-state index in [1.807, 2.05) is 43.3 Å². The Bertz CT molecular complexity index is 1570. The number of hydrogen-bond donors (Lipinski definition) is 1. The van der Waals surface area contributed by atoms with E-state index in [1.165, 1.54) is 0 Å². The van der Waals surface area contributed by atoms with Gasteiger partial charge in [-0.3, -0.25) is 19.2 Å². The van der Waals surface area contributed by atoms with Gasteiger partial charge in [0.15, 0.2) is 11.6 Å². The van der Waals surface area contributed by atoms with Gasteiger partial charge in [0.05, 0.1) is 6.04 Å². The molecule has 3 aromatic carbocycles. The number of likely N-dealkylation sites (tertiary alicyclic amines) is 1. The molecule has 0 saturated carbocycles. The summed E-state index contributed by atoms with van der Waals surface area (Å²) in [6, 6.07) is 21.9. The Hall–Kier alpha value is -3.81. The van der Waals surface area contributed by atoms with E-state index in [0.717, 1.165) is 42.6 Å². The molecular weight excluding hydrogens is 598 g/mol. The number of amides is 2. The predicted octanol–water partition coefficient (Wildman–Crippen LogP) is 6.90. The van der Waals surface area contributed by atoms with E-state index in [-0.39, 0.29) is 48.6 Å². The van der Waals surface area contributed by atoms with Crippen molar-refractivity contribution < 1.29 is 19.2 Å². The normalized spacial score (nSPS) is 17.8. The molecule has 2 amide bonds. The molecule has 7 nitrogen and oxygen atoms in total. The Kier molecular flexibility index (Phi) is 11.1. The summed E-state index contributed by atoms with van der Waals surface area (Å²) in [6.07, 6.45) is 2.17. The lowest BCUT2D eigenvalue weighted by molar-refractivity contribution is -0.142. The van der Waals surface area contributed by atoms with Gasteiger partial charge in [-0.1, -0.05) is 66.2 Å². The lowest BCUT2D eigenvalue weighted by Crippen LogP contribution is -2.50. The number of benzene rings is 3. The van der Waals surface area contributed by atoms with Gasteiger partial charge in [-0.05, 0) is 87.5 Å². The Balaban J connectivity index is 1.36. The highest BCUT2D eigenvalue weighted by Crippen LogP contribution is 2.33. The number of nitrogens with zero attached hydrogens (tertiary/aromatic N) is 2. The van der Waals surface area contributed by atoms with E-state index in [2.05, 4.69) is 24.1 Å². The second-order valence-corrected chi connectivity index (χ2v) is 13.4. The van der Waals surface area contributed by atoms with Crippen LogP contribution >= 0.6 is 11.6 Å². The molecular formula is C38H44ClN3O4. The van der Waals surface area contributed by atoms with Crippen molar-refractivity contribution in [2.24, 2.45) is 11.8 Å². The van der Waals surface area contributed by atoms with E-state index in [4.69, 9.17) is 11.6 Å². The summed E-state index contributed by atoms with van der Waals surface area (Å²) in [7, 11) is 0. The molecule has 0 unspecified atom stereocenters. The van der Waals surface area contributed by atoms with Gasteiger partial charge in [0.2, 0.25) is 11.8 Å². The smallest absolute Gasteiger partial charge is 0.228 e. The number of piperidine rings is 1. The predicted molar refractivity (Wildman–Crippen MR) is 182 cm³/mol. The van der Waals surface area contributed by atoms with Gasteiger partial charge in [-0.2, -0.15) is 0 Å². The van der Waals surface area contributed by atoms with Gasteiger partial charge >= 0.3 is 0 Å². The van der Waals surface area contributed by atoms with Gasteiger partial charge in [-0.25, -0.2) is 0 Å². The van der Waals surface area contributed by atoms with Crippen molar-refractivity contribution in [2.45, 2.75) is 77.9 Å². The zero-order chi connectivity index (χ0) is 32.8. The van der Waals surface area contributed by atoms with Crippen molar-refractivity contribution in [2.75, 3.05) is 18.4 Å². The molecule has 242 valence electrons. The molecule has 0 aromatic heterocycles. The van der Waals surface area contributed by atoms with Crippen LogP contribution in [0.15, 0.2) is 72.8 Å². The average molecular weight is 642 g/mol. The highest BCUT2D eigenvalue weighted by Gasteiger charge is 2.39. The van der Waals surface area contributed by atoms with Crippen molar-refractivity contribution in [1.29, 1.82) is 0 Å². The van der Waals surface area contributed by atoms with Crippen LogP contribution in [0, 0.1) is 18.8 Å². The first-order chi connectivity index (χ1) is 22.1. The highest BCUT2D eigenvalue weighted by molar-refractivity contribution is 6.31. The first-order valence-electron chi connectivity index (χ1n) is 16.4. The van der Waals surface area contributed by atoms with Crippen LogP contribution in [0.3, 0.4) is 0 Å². The summed E-state index contributed by atoms with van der Waals surface area (Å²) >= 11 is 6.23. The fourth-order valence-corrected chi connectivity index (χ4v) is 6.94. The number of halogens is 1. The first-order valence-corrected chi connectivity index (χ1v) is 16.8. The van der Waals surface area contributed by atoms with Crippen molar-refractivity contribution in [3.8, 4) is 0 Å². The topological polar surface area (TPSA) is 86.8 Å². The number of carbonyl (C=O) groups is 4. The van der Waals surface area contributed by atoms with Crippen molar-refractivity contribution in [3.05, 3.63) is 100 Å². The maximum absolute atomic E-state index is 14.3. The van der Waals surface area contributed by atoms with E-state index in [0.29, 0.717) is 35.3 Å². The van der Waals surface area contributed by atoms with Crippen LogP contribution < -0.4 is 5.32 Å². The molecule has 3 aromatic rings. The summed E-state index contributed by atoms with van der Waals surface area (Å²) in [6.45, 7) is 8.29. The fourth-order valence-electron chi connectivity index (χ4n) is 6.83. The van der Waals surface area contributed by atoms with Crippen LogP contribution in [-0.4, -0.2) is 58.4 Å². The molecule has 2 aliphatic heterocycles. The standard InChI is InChI=1S/C38H44ClN3O4/c1-25(2)41-19-17-27(18-20-41)32(38(46)40-31-13-14-33(39)26(3)21-31)23-36(44)34-22-29-11-7-8-12-30(29)24-42(34)37(45)16-15-35(43)28-9-5-4-6-10-28/h4-14,21,25,27,32,34H,15-20,22-24H2,1-3H3,(H,40,46)/t32-,34-/m0/s1. The van der Waals surface area contributed by atoms with Crippen LogP contribution in [-0.2, 0) is 27.3 Å². The number of anilines is 1. The van der Waals surface area contributed by atoms with E-state index in [1.54, 1.807) is 41.3 Å². The molecule has 1 N–H and O–H groups in total. The zero-order valence-electron chi connectivity index (χ0n) is 27.0. The minimum absolute atomic E-state index is 0.0210. The molecule has 8 heteroatoms. The van der Waals surface area contributed by atoms with Crippen LogP contribution in [0.1, 0.15) is 73.0 Å². The van der Waals surface area contributed by atoms with Gasteiger partial charge in [-0.15, -0.1) is 0 Å². The molecule has 0 bridgehead atoms. The first kappa shape index (κ1) is 33.6. The zero-order valence-corrected chi connectivity index (χ0v) is 27.8. The molecule has 2 aliphatic rings. The van der Waals surface area contributed by atoms with Crippen molar-refractivity contribution >= 4 is 40.7 Å². The molecule has 2 atom stereocenters.